The highest BCUT2D eigenvalue weighted by molar-refractivity contribution is 6.30. The first-order valence-corrected chi connectivity index (χ1v) is 6.79. The molecule has 0 saturated carbocycles. The van der Waals surface area contributed by atoms with E-state index in [2.05, 4.69) is 5.32 Å². The molecule has 0 saturated heterocycles. The highest BCUT2D eigenvalue weighted by Gasteiger charge is 2.21. The zero-order chi connectivity index (χ0) is 13.8. The number of hydrogen-bond donors (Lipinski definition) is 1. The van der Waals surface area contributed by atoms with Gasteiger partial charge in [0.2, 0.25) is 0 Å². The lowest BCUT2D eigenvalue weighted by molar-refractivity contribution is 0.497. The molecule has 0 aliphatic carbocycles. The first-order chi connectivity index (χ1) is 9.17. The SMILES string of the molecule is CCNC(c1ccc(Cl)cc1F)c1ccoc1CC. The lowest BCUT2D eigenvalue weighted by Gasteiger charge is -2.19. The molecule has 0 fully saturated rings. The van der Waals surface area contributed by atoms with Crippen LogP contribution in [-0.4, -0.2) is 6.54 Å². The summed E-state index contributed by atoms with van der Waals surface area (Å²) in [5.74, 6) is 0.571. The van der Waals surface area contributed by atoms with Gasteiger partial charge in [-0.15, -0.1) is 0 Å². The largest absolute Gasteiger partial charge is 0.469 e. The monoisotopic (exact) mass is 281 g/mol. The van der Waals surface area contributed by atoms with Gasteiger partial charge in [-0.3, -0.25) is 0 Å². The molecule has 102 valence electrons. The average molecular weight is 282 g/mol. The van der Waals surface area contributed by atoms with E-state index in [4.69, 9.17) is 16.0 Å². The Morgan fingerprint density at radius 2 is 2.05 bits per heavy atom. The topological polar surface area (TPSA) is 25.2 Å². The van der Waals surface area contributed by atoms with Crippen molar-refractivity contribution in [3.8, 4) is 0 Å². The van der Waals surface area contributed by atoms with Gasteiger partial charge in [-0.25, -0.2) is 4.39 Å². The summed E-state index contributed by atoms with van der Waals surface area (Å²) in [6.07, 6.45) is 2.42. The minimum Gasteiger partial charge on any atom is -0.469 e. The van der Waals surface area contributed by atoms with Crippen molar-refractivity contribution in [3.63, 3.8) is 0 Å². The van der Waals surface area contributed by atoms with Crippen molar-refractivity contribution in [3.05, 3.63) is 58.3 Å². The van der Waals surface area contributed by atoms with Gasteiger partial charge >= 0.3 is 0 Å². The molecule has 0 bridgehead atoms. The summed E-state index contributed by atoms with van der Waals surface area (Å²) >= 11 is 5.80. The fourth-order valence-corrected chi connectivity index (χ4v) is 2.38. The van der Waals surface area contributed by atoms with Gasteiger partial charge in [-0.2, -0.15) is 0 Å². The van der Waals surface area contributed by atoms with Gasteiger partial charge in [0.05, 0.1) is 12.3 Å². The van der Waals surface area contributed by atoms with Gasteiger partial charge in [0.15, 0.2) is 0 Å². The summed E-state index contributed by atoms with van der Waals surface area (Å²) in [5.41, 5.74) is 1.56. The molecule has 19 heavy (non-hydrogen) atoms. The third-order valence-electron chi connectivity index (χ3n) is 3.09. The molecule has 1 aromatic heterocycles. The van der Waals surface area contributed by atoms with Gasteiger partial charge in [0.1, 0.15) is 11.6 Å². The molecule has 0 radical (unpaired) electrons. The molecule has 1 aromatic carbocycles. The van der Waals surface area contributed by atoms with Crippen molar-refractivity contribution in [2.24, 2.45) is 0 Å². The van der Waals surface area contributed by atoms with Gasteiger partial charge in [-0.05, 0) is 24.7 Å². The number of nitrogens with one attached hydrogen (secondary N) is 1. The summed E-state index contributed by atoms with van der Waals surface area (Å²) in [4.78, 5) is 0. The summed E-state index contributed by atoms with van der Waals surface area (Å²) in [6, 6.07) is 6.44. The lowest BCUT2D eigenvalue weighted by Crippen LogP contribution is -2.23. The van der Waals surface area contributed by atoms with Crippen LogP contribution in [0, 0.1) is 5.82 Å². The maximum Gasteiger partial charge on any atom is 0.129 e. The summed E-state index contributed by atoms with van der Waals surface area (Å²) in [6.45, 7) is 4.75. The van der Waals surface area contributed by atoms with Crippen LogP contribution in [0.3, 0.4) is 0 Å². The second kappa shape index (κ2) is 6.22. The Morgan fingerprint density at radius 3 is 2.68 bits per heavy atom. The van der Waals surface area contributed by atoms with E-state index in [-0.39, 0.29) is 11.9 Å². The van der Waals surface area contributed by atoms with Crippen molar-refractivity contribution in [1.29, 1.82) is 0 Å². The van der Waals surface area contributed by atoms with Crippen LogP contribution in [0.5, 0.6) is 0 Å². The Bertz CT molecular complexity index is 553. The molecule has 0 amide bonds. The predicted octanol–water partition coefficient (Wildman–Crippen LogP) is 4.33. The van der Waals surface area contributed by atoms with E-state index in [1.165, 1.54) is 6.07 Å². The summed E-state index contributed by atoms with van der Waals surface area (Å²) in [5, 5.41) is 3.70. The molecule has 1 heterocycles. The molecule has 1 N–H and O–H groups in total. The zero-order valence-corrected chi connectivity index (χ0v) is 11.8. The summed E-state index contributed by atoms with van der Waals surface area (Å²) < 4.78 is 19.5. The minimum atomic E-state index is -0.304. The van der Waals surface area contributed by atoms with Crippen LogP contribution in [0.15, 0.2) is 34.9 Å². The standard InChI is InChI=1S/C15H17ClFNO/c1-3-14-12(7-8-19-14)15(18-4-2)11-6-5-10(16)9-13(11)17/h5-9,15,18H,3-4H2,1-2H3. The van der Waals surface area contributed by atoms with E-state index >= 15 is 0 Å². The van der Waals surface area contributed by atoms with E-state index < -0.39 is 0 Å². The number of hydrogen-bond acceptors (Lipinski definition) is 2. The van der Waals surface area contributed by atoms with Gasteiger partial charge < -0.3 is 9.73 Å². The van der Waals surface area contributed by atoms with Crippen LogP contribution < -0.4 is 5.32 Å². The first kappa shape index (κ1) is 14.1. The number of rotatable bonds is 5. The van der Waals surface area contributed by atoms with Crippen LogP contribution in [0.2, 0.25) is 5.02 Å². The number of benzene rings is 1. The molecular formula is C15H17ClFNO. The van der Waals surface area contributed by atoms with Crippen LogP contribution in [0.4, 0.5) is 4.39 Å². The quantitative estimate of drug-likeness (QED) is 0.882. The molecule has 2 aromatic rings. The molecule has 0 aliphatic rings. The van der Waals surface area contributed by atoms with E-state index in [1.807, 2.05) is 19.9 Å². The second-order valence-corrected chi connectivity index (χ2v) is 4.75. The average Bonchev–Trinajstić information content (AvgIpc) is 2.85. The maximum atomic E-state index is 14.1. The molecule has 2 rings (SSSR count). The summed E-state index contributed by atoms with van der Waals surface area (Å²) in [7, 11) is 0. The molecule has 0 aliphatic heterocycles. The Balaban J connectivity index is 2.45. The van der Waals surface area contributed by atoms with Crippen molar-refractivity contribution < 1.29 is 8.81 Å². The molecule has 2 nitrogen and oxygen atoms in total. The van der Waals surface area contributed by atoms with Crippen molar-refractivity contribution in [2.45, 2.75) is 26.3 Å². The Kier molecular flexibility index (Phi) is 4.61. The molecule has 1 unspecified atom stereocenters. The van der Waals surface area contributed by atoms with Gasteiger partial charge in [0, 0.05) is 22.6 Å². The van der Waals surface area contributed by atoms with Crippen LogP contribution in [0.25, 0.3) is 0 Å². The molecular weight excluding hydrogens is 265 g/mol. The fourth-order valence-electron chi connectivity index (χ4n) is 2.22. The highest BCUT2D eigenvalue weighted by Crippen LogP contribution is 2.29. The number of aryl methyl sites for hydroxylation is 1. The third-order valence-corrected chi connectivity index (χ3v) is 3.33. The van der Waals surface area contributed by atoms with Crippen molar-refractivity contribution >= 4 is 11.6 Å². The van der Waals surface area contributed by atoms with E-state index in [9.17, 15) is 4.39 Å². The van der Waals surface area contributed by atoms with Crippen molar-refractivity contribution in [1.82, 2.24) is 5.32 Å². The first-order valence-electron chi connectivity index (χ1n) is 6.42. The predicted molar refractivity (Wildman–Crippen MR) is 75.0 cm³/mol. The zero-order valence-electron chi connectivity index (χ0n) is 11.0. The molecule has 1 atom stereocenters. The Hall–Kier alpha value is -1.32. The van der Waals surface area contributed by atoms with Crippen molar-refractivity contribution in [2.75, 3.05) is 6.54 Å². The van der Waals surface area contributed by atoms with E-state index in [0.29, 0.717) is 10.6 Å². The van der Waals surface area contributed by atoms with E-state index in [1.54, 1.807) is 18.4 Å². The van der Waals surface area contributed by atoms with E-state index in [0.717, 1.165) is 24.3 Å². The van der Waals surface area contributed by atoms with Crippen LogP contribution in [-0.2, 0) is 6.42 Å². The third kappa shape index (κ3) is 2.99. The Morgan fingerprint density at radius 1 is 1.26 bits per heavy atom. The maximum absolute atomic E-state index is 14.1. The second-order valence-electron chi connectivity index (χ2n) is 4.31. The van der Waals surface area contributed by atoms with Crippen LogP contribution >= 0.6 is 11.6 Å². The molecule has 0 spiro atoms. The number of halogens is 2. The fraction of sp³-hybridized carbons (Fsp3) is 0.333. The molecule has 4 heteroatoms. The normalized spacial score (nSPS) is 12.6. The van der Waals surface area contributed by atoms with Gasteiger partial charge in [0.25, 0.3) is 0 Å². The smallest absolute Gasteiger partial charge is 0.129 e. The number of furan rings is 1. The van der Waals surface area contributed by atoms with Crippen LogP contribution in [0.1, 0.15) is 36.8 Å². The minimum absolute atomic E-state index is 0.212. The lowest BCUT2D eigenvalue weighted by atomic mass is 9.97. The highest BCUT2D eigenvalue weighted by atomic mass is 35.5. The van der Waals surface area contributed by atoms with Gasteiger partial charge in [-0.1, -0.05) is 31.5 Å². The Labute approximate surface area is 117 Å².